The zero-order chi connectivity index (χ0) is 19.5. The number of aromatic nitrogens is 4. The average molecular weight is 377 g/mol. The number of fused-ring (bicyclic) bond motifs is 2. The van der Waals surface area contributed by atoms with Crippen molar-refractivity contribution in [2.45, 2.75) is 33.0 Å². The maximum absolute atomic E-state index is 12.6. The van der Waals surface area contributed by atoms with Gasteiger partial charge in [-0.3, -0.25) is 13.9 Å². The molecular formula is C21H23N5O2. The second kappa shape index (κ2) is 7.72. The van der Waals surface area contributed by atoms with Gasteiger partial charge in [0.05, 0.1) is 28.4 Å². The SMILES string of the molecule is CCn1c(=O)n(CC(=O)NCCCn2cnc3ccccc32)c2ccccc21. The monoisotopic (exact) mass is 377 g/mol. The molecule has 0 aliphatic carbocycles. The van der Waals surface area contributed by atoms with E-state index in [4.69, 9.17) is 0 Å². The van der Waals surface area contributed by atoms with Crippen LogP contribution in [0, 0.1) is 0 Å². The summed E-state index contributed by atoms with van der Waals surface area (Å²) in [6, 6.07) is 15.5. The van der Waals surface area contributed by atoms with Crippen LogP contribution < -0.4 is 11.0 Å². The van der Waals surface area contributed by atoms with Gasteiger partial charge in [0.25, 0.3) is 0 Å². The van der Waals surface area contributed by atoms with E-state index in [1.54, 1.807) is 4.57 Å². The van der Waals surface area contributed by atoms with Crippen molar-refractivity contribution in [3.63, 3.8) is 0 Å². The fourth-order valence-electron chi connectivity index (χ4n) is 3.60. The number of imidazole rings is 2. The standard InChI is InChI=1S/C21H23N5O2/c1-2-25-18-10-5-6-11-19(18)26(21(25)28)14-20(27)22-12-7-13-24-15-23-16-8-3-4-9-17(16)24/h3-6,8-11,15H,2,7,12-14H2,1H3,(H,22,27). The second-order valence-corrected chi connectivity index (χ2v) is 6.73. The highest BCUT2D eigenvalue weighted by Crippen LogP contribution is 2.13. The molecule has 0 atom stereocenters. The summed E-state index contributed by atoms with van der Waals surface area (Å²) in [5.41, 5.74) is 3.55. The van der Waals surface area contributed by atoms with Crippen molar-refractivity contribution < 1.29 is 4.79 Å². The molecule has 4 rings (SSSR count). The lowest BCUT2D eigenvalue weighted by atomic mass is 10.3. The lowest BCUT2D eigenvalue weighted by Gasteiger charge is -2.07. The molecule has 1 N–H and O–H groups in total. The number of nitrogens with zero attached hydrogens (tertiary/aromatic N) is 4. The number of benzene rings is 2. The lowest BCUT2D eigenvalue weighted by Crippen LogP contribution is -2.33. The van der Waals surface area contributed by atoms with Crippen molar-refractivity contribution >= 4 is 28.0 Å². The number of hydrogen-bond acceptors (Lipinski definition) is 3. The van der Waals surface area contributed by atoms with E-state index in [1.807, 2.05) is 61.8 Å². The van der Waals surface area contributed by atoms with Gasteiger partial charge in [0.15, 0.2) is 0 Å². The van der Waals surface area contributed by atoms with Crippen LogP contribution in [0.15, 0.2) is 59.7 Å². The fourth-order valence-corrected chi connectivity index (χ4v) is 3.60. The van der Waals surface area contributed by atoms with Crippen molar-refractivity contribution in [2.75, 3.05) is 6.54 Å². The summed E-state index contributed by atoms with van der Waals surface area (Å²) >= 11 is 0. The van der Waals surface area contributed by atoms with E-state index in [1.165, 1.54) is 4.57 Å². The number of rotatable bonds is 7. The Kier molecular flexibility index (Phi) is 4.97. The minimum Gasteiger partial charge on any atom is -0.354 e. The summed E-state index contributed by atoms with van der Waals surface area (Å²) in [6.45, 7) is 3.85. The Hall–Kier alpha value is -3.35. The summed E-state index contributed by atoms with van der Waals surface area (Å²) in [5.74, 6) is -0.156. The molecule has 7 nitrogen and oxygen atoms in total. The summed E-state index contributed by atoms with van der Waals surface area (Å²) < 4.78 is 5.31. The molecule has 2 aromatic carbocycles. The molecule has 0 bridgehead atoms. The molecule has 144 valence electrons. The van der Waals surface area contributed by atoms with Crippen LogP contribution in [0.3, 0.4) is 0 Å². The van der Waals surface area contributed by atoms with E-state index in [9.17, 15) is 9.59 Å². The molecule has 0 aliphatic heterocycles. The van der Waals surface area contributed by atoms with E-state index in [0.717, 1.165) is 35.0 Å². The van der Waals surface area contributed by atoms with E-state index >= 15 is 0 Å². The molecule has 0 saturated carbocycles. The summed E-state index contributed by atoms with van der Waals surface area (Å²) in [5, 5.41) is 2.92. The minimum atomic E-state index is -0.156. The first kappa shape index (κ1) is 18.0. The minimum absolute atomic E-state index is 0.0281. The van der Waals surface area contributed by atoms with Crippen LogP contribution in [0.1, 0.15) is 13.3 Å². The van der Waals surface area contributed by atoms with Crippen LogP contribution in [-0.2, 0) is 24.4 Å². The van der Waals surface area contributed by atoms with Crippen molar-refractivity contribution in [1.82, 2.24) is 24.0 Å². The second-order valence-electron chi connectivity index (χ2n) is 6.73. The Labute approximate surface area is 162 Å². The van der Waals surface area contributed by atoms with Crippen LogP contribution in [0.5, 0.6) is 0 Å². The molecule has 4 aromatic rings. The van der Waals surface area contributed by atoms with Gasteiger partial charge in [-0.2, -0.15) is 0 Å². The molecule has 2 aromatic heterocycles. The van der Waals surface area contributed by atoms with Gasteiger partial charge in [-0.15, -0.1) is 0 Å². The third-order valence-electron chi connectivity index (χ3n) is 4.97. The maximum Gasteiger partial charge on any atom is 0.329 e. The van der Waals surface area contributed by atoms with Crippen LogP contribution in [-0.4, -0.2) is 31.1 Å². The molecule has 0 spiro atoms. The van der Waals surface area contributed by atoms with Gasteiger partial charge < -0.3 is 9.88 Å². The normalized spacial score (nSPS) is 11.3. The first-order valence-electron chi connectivity index (χ1n) is 9.53. The molecule has 2 heterocycles. The van der Waals surface area contributed by atoms with Crippen LogP contribution in [0.25, 0.3) is 22.1 Å². The first-order valence-corrected chi connectivity index (χ1v) is 9.53. The number of nitrogens with one attached hydrogen (secondary N) is 1. The van der Waals surface area contributed by atoms with Gasteiger partial charge in [0.1, 0.15) is 6.54 Å². The van der Waals surface area contributed by atoms with Crippen molar-refractivity contribution in [3.05, 3.63) is 65.3 Å². The summed E-state index contributed by atoms with van der Waals surface area (Å²) in [6.07, 6.45) is 2.61. The smallest absolute Gasteiger partial charge is 0.329 e. The van der Waals surface area contributed by atoms with Gasteiger partial charge in [0, 0.05) is 19.6 Å². The van der Waals surface area contributed by atoms with Crippen LogP contribution >= 0.6 is 0 Å². The highest BCUT2D eigenvalue weighted by Gasteiger charge is 2.14. The Balaban J connectivity index is 1.37. The fraction of sp³-hybridized carbons (Fsp3) is 0.286. The van der Waals surface area contributed by atoms with Crippen LogP contribution in [0.2, 0.25) is 0 Å². The zero-order valence-electron chi connectivity index (χ0n) is 15.8. The van der Waals surface area contributed by atoms with Crippen molar-refractivity contribution in [3.8, 4) is 0 Å². The van der Waals surface area contributed by atoms with Crippen molar-refractivity contribution in [2.24, 2.45) is 0 Å². The molecule has 1 amide bonds. The molecule has 7 heteroatoms. The quantitative estimate of drug-likeness (QED) is 0.503. The van der Waals surface area contributed by atoms with E-state index in [-0.39, 0.29) is 18.1 Å². The predicted octanol–water partition coefficient (Wildman–Crippen LogP) is 2.38. The lowest BCUT2D eigenvalue weighted by molar-refractivity contribution is -0.121. The Morgan fingerprint density at radius 3 is 2.43 bits per heavy atom. The number of carbonyl (C=O) groups is 1. The first-order chi connectivity index (χ1) is 13.7. The number of para-hydroxylation sites is 4. The Morgan fingerprint density at radius 1 is 1.00 bits per heavy atom. The average Bonchev–Trinajstić information content (AvgIpc) is 3.24. The number of carbonyl (C=O) groups excluding carboxylic acids is 1. The zero-order valence-corrected chi connectivity index (χ0v) is 15.8. The topological polar surface area (TPSA) is 73.8 Å². The Bertz CT molecular complexity index is 1180. The van der Waals surface area contributed by atoms with Crippen molar-refractivity contribution in [1.29, 1.82) is 0 Å². The third-order valence-corrected chi connectivity index (χ3v) is 4.97. The highest BCUT2D eigenvalue weighted by atomic mass is 16.2. The summed E-state index contributed by atoms with van der Waals surface area (Å²) in [4.78, 5) is 29.4. The molecule has 0 aliphatic rings. The predicted molar refractivity (Wildman–Crippen MR) is 109 cm³/mol. The molecule has 0 saturated heterocycles. The van der Waals surface area contributed by atoms with Crippen LogP contribution in [0.4, 0.5) is 0 Å². The maximum atomic E-state index is 12.6. The molecule has 0 fully saturated rings. The van der Waals surface area contributed by atoms with Gasteiger partial charge in [-0.25, -0.2) is 9.78 Å². The summed E-state index contributed by atoms with van der Waals surface area (Å²) in [7, 11) is 0. The molecule has 0 unspecified atom stereocenters. The Morgan fingerprint density at radius 2 is 1.68 bits per heavy atom. The highest BCUT2D eigenvalue weighted by molar-refractivity contribution is 5.81. The van der Waals surface area contributed by atoms with Gasteiger partial charge >= 0.3 is 5.69 Å². The van der Waals surface area contributed by atoms with Gasteiger partial charge in [-0.05, 0) is 37.6 Å². The van der Waals surface area contributed by atoms with E-state index in [0.29, 0.717) is 13.1 Å². The molecule has 28 heavy (non-hydrogen) atoms. The number of aryl methyl sites for hydroxylation is 2. The van der Waals surface area contributed by atoms with Gasteiger partial charge in [-0.1, -0.05) is 24.3 Å². The third kappa shape index (κ3) is 3.31. The van der Waals surface area contributed by atoms with E-state index < -0.39 is 0 Å². The number of hydrogen-bond donors (Lipinski definition) is 1. The van der Waals surface area contributed by atoms with Gasteiger partial charge in [0.2, 0.25) is 5.91 Å². The number of amides is 1. The van der Waals surface area contributed by atoms with E-state index in [2.05, 4.69) is 14.9 Å². The molecular weight excluding hydrogens is 354 g/mol. The molecule has 0 radical (unpaired) electrons. The largest absolute Gasteiger partial charge is 0.354 e.